The van der Waals surface area contributed by atoms with E-state index in [0.29, 0.717) is 18.4 Å². The van der Waals surface area contributed by atoms with Crippen molar-refractivity contribution < 1.29 is 14.3 Å². The molecular weight excluding hydrogens is 220 g/mol. The minimum absolute atomic E-state index is 0.0461. The topological polar surface area (TPSA) is 58.6 Å². The van der Waals surface area contributed by atoms with Gasteiger partial charge >= 0.3 is 12.0 Å². The van der Waals surface area contributed by atoms with E-state index in [1.807, 2.05) is 0 Å². The van der Waals surface area contributed by atoms with E-state index in [-0.39, 0.29) is 18.5 Å². The summed E-state index contributed by atoms with van der Waals surface area (Å²) in [6, 6.07) is -0.166. The van der Waals surface area contributed by atoms with Gasteiger partial charge in [0, 0.05) is 13.1 Å². The zero-order chi connectivity index (χ0) is 12.8. The molecule has 5 heteroatoms. The van der Waals surface area contributed by atoms with Gasteiger partial charge < -0.3 is 15.0 Å². The van der Waals surface area contributed by atoms with Crippen LogP contribution < -0.4 is 5.32 Å². The standard InChI is InChI=1S/C12H22N2O3/c1-4-17-11(15)7-13-12(16)14-6-5-10(8-14)9(2)3/h9-10H,4-8H2,1-3H3,(H,13,16). The Morgan fingerprint density at radius 3 is 2.71 bits per heavy atom. The zero-order valence-electron chi connectivity index (χ0n) is 10.9. The predicted octanol–water partition coefficient (Wildman–Crippen LogP) is 1.24. The number of likely N-dealkylation sites (tertiary alicyclic amines) is 1. The van der Waals surface area contributed by atoms with Crippen LogP contribution in [0.25, 0.3) is 0 Å². The first-order valence-electron chi connectivity index (χ1n) is 6.23. The van der Waals surface area contributed by atoms with Crippen LogP contribution in [0.2, 0.25) is 0 Å². The van der Waals surface area contributed by atoms with Crippen LogP contribution in [0.4, 0.5) is 4.79 Å². The molecule has 1 heterocycles. The molecule has 1 atom stereocenters. The first-order chi connectivity index (χ1) is 8.04. The molecule has 2 amide bonds. The van der Waals surface area contributed by atoms with E-state index in [9.17, 15) is 9.59 Å². The van der Waals surface area contributed by atoms with Gasteiger partial charge in [-0.3, -0.25) is 4.79 Å². The third-order valence-electron chi connectivity index (χ3n) is 3.14. The number of carbonyl (C=O) groups is 2. The average Bonchev–Trinajstić information content (AvgIpc) is 2.75. The summed E-state index contributed by atoms with van der Waals surface area (Å²) in [5, 5.41) is 2.58. The van der Waals surface area contributed by atoms with E-state index in [4.69, 9.17) is 4.74 Å². The molecule has 1 saturated heterocycles. The van der Waals surface area contributed by atoms with E-state index in [2.05, 4.69) is 19.2 Å². The number of carbonyl (C=O) groups excluding carboxylic acids is 2. The summed E-state index contributed by atoms with van der Waals surface area (Å²) in [5.74, 6) is 0.779. The lowest BCUT2D eigenvalue weighted by Crippen LogP contribution is -2.41. The van der Waals surface area contributed by atoms with Crippen LogP contribution in [0.15, 0.2) is 0 Å². The van der Waals surface area contributed by atoms with Crippen molar-refractivity contribution in [2.45, 2.75) is 27.2 Å². The Balaban J connectivity index is 2.27. The van der Waals surface area contributed by atoms with Gasteiger partial charge in [-0.05, 0) is 25.2 Å². The van der Waals surface area contributed by atoms with Crippen molar-refractivity contribution in [1.82, 2.24) is 10.2 Å². The quantitative estimate of drug-likeness (QED) is 0.754. The van der Waals surface area contributed by atoms with Crippen molar-refractivity contribution in [3.63, 3.8) is 0 Å². The van der Waals surface area contributed by atoms with Gasteiger partial charge in [0.05, 0.1) is 6.61 Å². The van der Waals surface area contributed by atoms with Gasteiger partial charge in [0.1, 0.15) is 6.54 Å². The van der Waals surface area contributed by atoms with Crippen LogP contribution in [0.5, 0.6) is 0 Å². The van der Waals surface area contributed by atoms with Gasteiger partial charge in [0.25, 0.3) is 0 Å². The van der Waals surface area contributed by atoms with Gasteiger partial charge in [-0.1, -0.05) is 13.8 Å². The molecule has 1 aliphatic rings. The third-order valence-corrected chi connectivity index (χ3v) is 3.14. The van der Waals surface area contributed by atoms with E-state index in [1.165, 1.54) is 0 Å². The number of urea groups is 1. The molecule has 0 saturated carbocycles. The molecule has 17 heavy (non-hydrogen) atoms. The second-order valence-electron chi connectivity index (χ2n) is 4.70. The number of rotatable bonds is 4. The Morgan fingerprint density at radius 1 is 1.47 bits per heavy atom. The summed E-state index contributed by atoms with van der Waals surface area (Å²) in [7, 11) is 0. The molecule has 0 aromatic carbocycles. The van der Waals surface area contributed by atoms with E-state index < -0.39 is 0 Å². The number of ether oxygens (including phenoxy) is 1. The van der Waals surface area contributed by atoms with Gasteiger partial charge in [-0.25, -0.2) is 4.79 Å². The molecule has 1 aliphatic heterocycles. The Labute approximate surface area is 102 Å². The van der Waals surface area contributed by atoms with Crippen molar-refractivity contribution in [1.29, 1.82) is 0 Å². The molecular formula is C12H22N2O3. The van der Waals surface area contributed by atoms with Crippen LogP contribution in [-0.4, -0.2) is 43.1 Å². The first kappa shape index (κ1) is 13.8. The van der Waals surface area contributed by atoms with Crippen LogP contribution >= 0.6 is 0 Å². The fraction of sp³-hybridized carbons (Fsp3) is 0.833. The fourth-order valence-corrected chi connectivity index (χ4v) is 1.99. The smallest absolute Gasteiger partial charge is 0.325 e. The van der Waals surface area contributed by atoms with E-state index >= 15 is 0 Å². The minimum atomic E-state index is -0.388. The molecule has 1 rings (SSSR count). The van der Waals surface area contributed by atoms with Gasteiger partial charge in [-0.2, -0.15) is 0 Å². The Morgan fingerprint density at radius 2 is 2.18 bits per heavy atom. The van der Waals surface area contributed by atoms with E-state index in [1.54, 1.807) is 11.8 Å². The highest BCUT2D eigenvalue weighted by Crippen LogP contribution is 2.23. The van der Waals surface area contributed by atoms with Crippen LogP contribution in [0.1, 0.15) is 27.2 Å². The Bertz CT molecular complexity index is 279. The van der Waals surface area contributed by atoms with Crippen molar-refractivity contribution in [2.75, 3.05) is 26.2 Å². The highest BCUT2D eigenvalue weighted by molar-refractivity contribution is 5.80. The number of hydrogen-bond donors (Lipinski definition) is 1. The van der Waals surface area contributed by atoms with Crippen LogP contribution in [0.3, 0.4) is 0 Å². The summed E-state index contributed by atoms with van der Waals surface area (Å²) < 4.78 is 4.74. The Kier molecular flexibility index (Phi) is 5.25. The van der Waals surface area contributed by atoms with Crippen molar-refractivity contribution in [3.05, 3.63) is 0 Å². The number of nitrogens with zero attached hydrogens (tertiary/aromatic N) is 1. The van der Waals surface area contributed by atoms with Crippen molar-refractivity contribution >= 4 is 12.0 Å². The lowest BCUT2D eigenvalue weighted by atomic mass is 9.95. The first-order valence-corrected chi connectivity index (χ1v) is 6.23. The van der Waals surface area contributed by atoms with E-state index in [0.717, 1.165) is 19.5 Å². The largest absolute Gasteiger partial charge is 0.465 e. The maximum atomic E-state index is 11.7. The van der Waals surface area contributed by atoms with Gasteiger partial charge in [-0.15, -0.1) is 0 Å². The second-order valence-corrected chi connectivity index (χ2v) is 4.70. The summed E-state index contributed by atoms with van der Waals surface area (Å²) in [6.45, 7) is 7.94. The molecule has 1 N–H and O–H groups in total. The average molecular weight is 242 g/mol. The normalized spacial score (nSPS) is 19.5. The number of nitrogens with one attached hydrogen (secondary N) is 1. The lowest BCUT2D eigenvalue weighted by molar-refractivity contribution is -0.141. The number of esters is 1. The second kappa shape index (κ2) is 6.47. The van der Waals surface area contributed by atoms with Crippen LogP contribution in [-0.2, 0) is 9.53 Å². The summed E-state index contributed by atoms with van der Waals surface area (Å²) in [6.07, 6.45) is 1.05. The highest BCUT2D eigenvalue weighted by atomic mass is 16.5. The molecule has 1 fully saturated rings. The minimum Gasteiger partial charge on any atom is -0.465 e. The Hall–Kier alpha value is -1.26. The molecule has 0 bridgehead atoms. The number of hydrogen-bond acceptors (Lipinski definition) is 3. The fourth-order valence-electron chi connectivity index (χ4n) is 1.99. The molecule has 0 aliphatic carbocycles. The van der Waals surface area contributed by atoms with Crippen molar-refractivity contribution in [3.8, 4) is 0 Å². The maximum absolute atomic E-state index is 11.7. The molecule has 98 valence electrons. The third kappa shape index (κ3) is 4.24. The zero-order valence-corrected chi connectivity index (χ0v) is 10.9. The maximum Gasteiger partial charge on any atom is 0.325 e. The number of amides is 2. The molecule has 0 aromatic rings. The molecule has 5 nitrogen and oxygen atoms in total. The van der Waals surface area contributed by atoms with Gasteiger partial charge in [0.2, 0.25) is 0 Å². The highest BCUT2D eigenvalue weighted by Gasteiger charge is 2.28. The molecule has 0 radical (unpaired) electrons. The van der Waals surface area contributed by atoms with Crippen molar-refractivity contribution in [2.24, 2.45) is 11.8 Å². The van der Waals surface area contributed by atoms with Gasteiger partial charge in [0.15, 0.2) is 0 Å². The summed E-state index contributed by atoms with van der Waals surface area (Å²) in [4.78, 5) is 24.6. The molecule has 0 spiro atoms. The van der Waals surface area contributed by atoms with Crippen LogP contribution in [0, 0.1) is 11.8 Å². The monoisotopic (exact) mass is 242 g/mol. The lowest BCUT2D eigenvalue weighted by Gasteiger charge is -2.18. The molecule has 0 aromatic heterocycles. The predicted molar refractivity (Wildman–Crippen MR) is 64.5 cm³/mol. The summed E-state index contributed by atoms with van der Waals surface area (Å²) >= 11 is 0. The SMILES string of the molecule is CCOC(=O)CNC(=O)N1CCC(C(C)C)C1. The molecule has 1 unspecified atom stereocenters. The summed E-state index contributed by atoms with van der Waals surface area (Å²) in [5.41, 5.74) is 0.